The fourth-order valence-corrected chi connectivity index (χ4v) is 1.30. The van der Waals surface area contributed by atoms with Crippen molar-refractivity contribution in [3.8, 4) is 11.5 Å². The van der Waals surface area contributed by atoms with Crippen molar-refractivity contribution in [3.05, 3.63) is 18.2 Å². The van der Waals surface area contributed by atoms with E-state index in [-0.39, 0.29) is 6.03 Å². The lowest BCUT2D eigenvalue weighted by Crippen LogP contribution is -2.24. The second-order valence-electron chi connectivity index (χ2n) is 3.56. The zero-order chi connectivity index (χ0) is 13.4. The van der Waals surface area contributed by atoms with E-state index in [2.05, 4.69) is 10.6 Å². The van der Waals surface area contributed by atoms with E-state index in [1.165, 1.54) is 0 Å². The van der Waals surface area contributed by atoms with E-state index in [4.69, 9.17) is 15.2 Å². The molecule has 0 radical (unpaired) electrons. The van der Waals surface area contributed by atoms with Crippen LogP contribution in [0.2, 0.25) is 0 Å². The second kappa shape index (κ2) is 7.39. The number of rotatable bonds is 6. The van der Waals surface area contributed by atoms with Gasteiger partial charge in [-0.1, -0.05) is 0 Å². The first-order valence-electron chi connectivity index (χ1n) is 5.71. The average molecular weight is 253 g/mol. The van der Waals surface area contributed by atoms with Crippen LogP contribution in [0, 0.1) is 0 Å². The summed E-state index contributed by atoms with van der Waals surface area (Å²) in [5.41, 5.74) is 5.99. The molecular formula is C12H19N3O3. The van der Waals surface area contributed by atoms with Crippen molar-refractivity contribution in [3.63, 3.8) is 0 Å². The van der Waals surface area contributed by atoms with Gasteiger partial charge in [0.05, 0.1) is 19.4 Å². The number of benzene rings is 1. The van der Waals surface area contributed by atoms with Crippen LogP contribution in [0.15, 0.2) is 18.2 Å². The van der Waals surface area contributed by atoms with Gasteiger partial charge in [-0.3, -0.25) is 0 Å². The maximum absolute atomic E-state index is 11.3. The summed E-state index contributed by atoms with van der Waals surface area (Å²) >= 11 is 0. The van der Waals surface area contributed by atoms with E-state index in [9.17, 15) is 4.79 Å². The van der Waals surface area contributed by atoms with E-state index < -0.39 is 0 Å². The van der Waals surface area contributed by atoms with Crippen LogP contribution in [-0.2, 0) is 0 Å². The number of nitrogens with one attached hydrogen (secondary N) is 2. The number of methoxy groups -OCH3 is 1. The minimum absolute atomic E-state index is 0.302. The van der Waals surface area contributed by atoms with Crippen LogP contribution in [0.25, 0.3) is 0 Å². The highest BCUT2D eigenvalue weighted by molar-refractivity contribution is 5.90. The average Bonchev–Trinajstić information content (AvgIpc) is 2.40. The molecule has 0 heterocycles. The standard InChI is InChI=1S/C12H19N3O3/c1-14-12(16)15-10-5-4-9(17-2)8-11(10)18-7-3-6-13/h4-5,8H,3,6-7,13H2,1-2H3,(H2,14,15,16). The SMILES string of the molecule is CNC(=O)Nc1ccc(OC)cc1OCCCN. The first-order chi connectivity index (χ1) is 8.71. The van der Waals surface area contributed by atoms with E-state index in [0.717, 1.165) is 6.42 Å². The van der Waals surface area contributed by atoms with Crippen LogP contribution in [0.1, 0.15) is 6.42 Å². The van der Waals surface area contributed by atoms with Gasteiger partial charge in [0.25, 0.3) is 0 Å². The molecule has 0 aliphatic heterocycles. The van der Waals surface area contributed by atoms with Crippen molar-refractivity contribution < 1.29 is 14.3 Å². The van der Waals surface area contributed by atoms with Gasteiger partial charge in [0.1, 0.15) is 11.5 Å². The van der Waals surface area contributed by atoms with Gasteiger partial charge in [0.15, 0.2) is 0 Å². The van der Waals surface area contributed by atoms with Gasteiger partial charge in [-0.2, -0.15) is 0 Å². The largest absolute Gasteiger partial charge is 0.497 e. The summed E-state index contributed by atoms with van der Waals surface area (Å²) in [4.78, 5) is 11.3. The first-order valence-corrected chi connectivity index (χ1v) is 5.71. The van der Waals surface area contributed by atoms with Gasteiger partial charge in [0, 0.05) is 13.1 Å². The third-order valence-corrected chi connectivity index (χ3v) is 2.27. The number of nitrogens with two attached hydrogens (primary N) is 1. The topological polar surface area (TPSA) is 85.6 Å². The number of anilines is 1. The zero-order valence-electron chi connectivity index (χ0n) is 10.7. The molecule has 6 nitrogen and oxygen atoms in total. The molecule has 4 N–H and O–H groups in total. The highest BCUT2D eigenvalue weighted by Crippen LogP contribution is 2.29. The van der Waals surface area contributed by atoms with Crippen LogP contribution in [0.5, 0.6) is 11.5 Å². The molecule has 100 valence electrons. The number of urea groups is 1. The highest BCUT2D eigenvalue weighted by atomic mass is 16.5. The lowest BCUT2D eigenvalue weighted by molar-refractivity contribution is 0.253. The monoisotopic (exact) mass is 253 g/mol. The fourth-order valence-electron chi connectivity index (χ4n) is 1.30. The number of hydrogen-bond donors (Lipinski definition) is 3. The van der Waals surface area contributed by atoms with E-state index >= 15 is 0 Å². The summed E-state index contributed by atoms with van der Waals surface area (Å²) in [6.45, 7) is 1.05. The summed E-state index contributed by atoms with van der Waals surface area (Å²) in [5.74, 6) is 1.23. The van der Waals surface area contributed by atoms with Crippen LogP contribution < -0.4 is 25.8 Å². The Hall–Kier alpha value is -1.95. The van der Waals surface area contributed by atoms with E-state index in [1.54, 1.807) is 32.4 Å². The molecule has 0 fully saturated rings. The second-order valence-corrected chi connectivity index (χ2v) is 3.56. The summed E-state index contributed by atoms with van der Waals surface area (Å²) < 4.78 is 10.7. The Morgan fingerprint density at radius 1 is 1.44 bits per heavy atom. The lowest BCUT2D eigenvalue weighted by atomic mass is 10.2. The van der Waals surface area contributed by atoms with Crippen molar-refractivity contribution in [1.82, 2.24) is 5.32 Å². The van der Waals surface area contributed by atoms with Gasteiger partial charge in [-0.15, -0.1) is 0 Å². The predicted octanol–water partition coefficient (Wildman–Crippen LogP) is 1.17. The Morgan fingerprint density at radius 2 is 2.22 bits per heavy atom. The van der Waals surface area contributed by atoms with Gasteiger partial charge in [-0.05, 0) is 25.1 Å². The summed E-state index contributed by atoms with van der Waals surface area (Å²) in [7, 11) is 3.12. The van der Waals surface area contributed by atoms with Crippen molar-refractivity contribution in [2.45, 2.75) is 6.42 Å². The fraction of sp³-hybridized carbons (Fsp3) is 0.417. The van der Waals surface area contributed by atoms with Crippen LogP contribution in [-0.4, -0.2) is 33.3 Å². The number of hydrogen-bond acceptors (Lipinski definition) is 4. The molecule has 0 spiro atoms. The minimum Gasteiger partial charge on any atom is -0.497 e. The molecule has 2 amide bonds. The number of carbonyl (C=O) groups is 1. The zero-order valence-corrected chi connectivity index (χ0v) is 10.7. The summed E-state index contributed by atoms with van der Waals surface area (Å²) in [6, 6.07) is 4.90. The maximum atomic E-state index is 11.3. The lowest BCUT2D eigenvalue weighted by Gasteiger charge is -2.13. The Balaban J connectivity index is 2.82. The number of amides is 2. The van der Waals surface area contributed by atoms with Crippen molar-refractivity contribution >= 4 is 11.7 Å². The van der Waals surface area contributed by atoms with Crippen molar-refractivity contribution in [2.24, 2.45) is 5.73 Å². The number of carbonyl (C=O) groups excluding carboxylic acids is 1. The van der Waals surface area contributed by atoms with Gasteiger partial charge < -0.3 is 25.8 Å². The molecule has 0 saturated carbocycles. The quantitative estimate of drug-likeness (QED) is 0.664. The molecule has 0 atom stereocenters. The molecule has 0 saturated heterocycles. The predicted molar refractivity (Wildman–Crippen MR) is 70.2 cm³/mol. The molecule has 6 heteroatoms. The molecule has 0 bridgehead atoms. The van der Waals surface area contributed by atoms with Crippen LogP contribution in [0.3, 0.4) is 0 Å². The van der Waals surface area contributed by atoms with Gasteiger partial charge in [0.2, 0.25) is 0 Å². The molecule has 18 heavy (non-hydrogen) atoms. The highest BCUT2D eigenvalue weighted by Gasteiger charge is 2.08. The van der Waals surface area contributed by atoms with Crippen molar-refractivity contribution in [2.75, 3.05) is 32.6 Å². The van der Waals surface area contributed by atoms with Gasteiger partial charge in [-0.25, -0.2) is 4.79 Å². The van der Waals surface area contributed by atoms with Crippen molar-refractivity contribution in [1.29, 1.82) is 0 Å². The van der Waals surface area contributed by atoms with Gasteiger partial charge >= 0.3 is 6.03 Å². The molecule has 0 aliphatic carbocycles. The summed E-state index contributed by atoms with van der Waals surface area (Å²) in [5, 5.41) is 5.16. The number of ether oxygens (including phenoxy) is 2. The third-order valence-electron chi connectivity index (χ3n) is 2.27. The van der Waals surface area contributed by atoms with E-state index in [0.29, 0.717) is 30.3 Å². The molecule has 0 unspecified atom stereocenters. The molecule has 0 aliphatic rings. The molecule has 1 aromatic rings. The molecule has 1 rings (SSSR count). The third kappa shape index (κ3) is 4.14. The first kappa shape index (κ1) is 14.1. The Kier molecular flexibility index (Phi) is 5.79. The Morgan fingerprint density at radius 3 is 2.83 bits per heavy atom. The smallest absolute Gasteiger partial charge is 0.319 e. The Labute approximate surface area is 106 Å². The molecule has 1 aromatic carbocycles. The van der Waals surface area contributed by atoms with E-state index in [1.807, 2.05) is 0 Å². The Bertz CT molecular complexity index is 396. The maximum Gasteiger partial charge on any atom is 0.319 e. The summed E-state index contributed by atoms with van der Waals surface area (Å²) in [6.07, 6.45) is 0.747. The van der Waals surface area contributed by atoms with Crippen LogP contribution in [0.4, 0.5) is 10.5 Å². The normalized spacial score (nSPS) is 9.72. The minimum atomic E-state index is -0.302. The molecular weight excluding hydrogens is 234 g/mol. The van der Waals surface area contributed by atoms with Crippen LogP contribution >= 0.6 is 0 Å². The molecule has 0 aromatic heterocycles.